The van der Waals surface area contributed by atoms with Crippen LogP contribution in [0.15, 0.2) is 133 Å². The number of hydrogen-bond acceptors (Lipinski definition) is 0. The standard InChI is InChI=1S/C46H34/c1-45(2)38-15-9-8-13-32(38)36-25-41-37(26-40(36)45)44-33(14-10-16-39(44)46(41,3)4)31-22-18-29-19-23-34-30(27-11-6-5-7-12-27)21-17-28-20-24-35(31)43(29)42(28)34/h5-26H,1-4H3. The summed E-state index contributed by atoms with van der Waals surface area (Å²) in [6.45, 7) is 9.60. The van der Waals surface area contributed by atoms with Gasteiger partial charge < -0.3 is 0 Å². The molecule has 0 heterocycles. The molecule has 2 aliphatic rings. The summed E-state index contributed by atoms with van der Waals surface area (Å²) < 4.78 is 0. The first-order valence-corrected chi connectivity index (χ1v) is 16.5. The van der Waals surface area contributed by atoms with Crippen LogP contribution in [0, 0.1) is 0 Å². The highest BCUT2D eigenvalue weighted by Crippen LogP contribution is 2.58. The van der Waals surface area contributed by atoms with Gasteiger partial charge in [0.2, 0.25) is 0 Å². The highest BCUT2D eigenvalue weighted by atomic mass is 14.4. The van der Waals surface area contributed by atoms with Crippen LogP contribution in [0.3, 0.4) is 0 Å². The smallest absolute Gasteiger partial charge is 0.0159 e. The van der Waals surface area contributed by atoms with Gasteiger partial charge in [-0.25, -0.2) is 0 Å². The summed E-state index contributed by atoms with van der Waals surface area (Å²) in [7, 11) is 0. The van der Waals surface area contributed by atoms with E-state index in [0.717, 1.165) is 0 Å². The average Bonchev–Trinajstić information content (AvgIpc) is 3.46. The van der Waals surface area contributed by atoms with Crippen LogP contribution in [0.1, 0.15) is 49.9 Å². The number of fused-ring (bicyclic) bond motifs is 6. The lowest BCUT2D eigenvalue weighted by Crippen LogP contribution is -2.16. The third kappa shape index (κ3) is 3.19. The first-order valence-electron chi connectivity index (χ1n) is 16.5. The molecule has 0 saturated heterocycles. The Labute approximate surface area is 270 Å². The van der Waals surface area contributed by atoms with E-state index in [2.05, 4.69) is 161 Å². The summed E-state index contributed by atoms with van der Waals surface area (Å²) in [5, 5.41) is 7.98. The van der Waals surface area contributed by atoms with E-state index in [-0.39, 0.29) is 10.8 Å². The number of hydrogen-bond donors (Lipinski definition) is 0. The van der Waals surface area contributed by atoms with E-state index in [0.29, 0.717) is 0 Å². The van der Waals surface area contributed by atoms with Crippen molar-refractivity contribution in [1.82, 2.24) is 0 Å². The Morgan fingerprint density at radius 2 is 0.891 bits per heavy atom. The zero-order valence-corrected chi connectivity index (χ0v) is 26.7. The van der Waals surface area contributed by atoms with Crippen LogP contribution in [0.4, 0.5) is 0 Å². The molecule has 8 aromatic rings. The third-order valence-electron chi connectivity index (χ3n) is 11.4. The van der Waals surface area contributed by atoms with E-state index in [1.54, 1.807) is 0 Å². The molecule has 2 aliphatic carbocycles. The maximum Gasteiger partial charge on any atom is 0.0159 e. The zero-order valence-electron chi connectivity index (χ0n) is 26.7. The van der Waals surface area contributed by atoms with Crippen molar-refractivity contribution >= 4 is 32.3 Å². The van der Waals surface area contributed by atoms with Gasteiger partial charge in [-0.2, -0.15) is 0 Å². The number of rotatable bonds is 2. The van der Waals surface area contributed by atoms with Crippen molar-refractivity contribution < 1.29 is 0 Å². The molecule has 0 N–H and O–H groups in total. The van der Waals surface area contributed by atoms with Gasteiger partial charge in [-0.1, -0.05) is 149 Å². The van der Waals surface area contributed by atoms with E-state index in [9.17, 15) is 0 Å². The van der Waals surface area contributed by atoms with Gasteiger partial charge in [-0.3, -0.25) is 0 Å². The molecule has 10 rings (SSSR count). The average molecular weight is 587 g/mol. The highest BCUT2D eigenvalue weighted by molar-refractivity contribution is 6.28. The predicted octanol–water partition coefficient (Wildman–Crippen LogP) is 12.5. The van der Waals surface area contributed by atoms with Crippen LogP contribution < -0.4 is 0 Å². The lowest BCUT2D eigenvalue weighted by Gasteiger charge is -2.24. The molecule has 0 unspecified atom stereocenters. The van der Waals surface area contributed by atoms with Crippen LogP contribution in [0.2, 0.25) is 0 Å². The van der Waals surface area contributed by atoms with E-state index >= 15 is 0 Å². The monoisotopic (exact) mass is 586 g/mol. The van der Waals surface area contributed by atoms with Crippen molar-refractivity contribution in [2.75, 3.05) is 0 Å². The third-order valence-corrected chi connectivity index (χ3v) is 11.4. The minimum Gasteiger partial charge on any atom is -0.0622 e. The van der Waals surface area contributed by atoms with E-state index in [1.807, 2.05) is 0 Å². The Balaban J connectivity index is 1.26. The Kier molecular flexibility index (Phi) is 4.95. The first-order chi connectivity index (χ1) is 22.3. The molecule has 0 bridgehead atoms. The van der Waals surface area contributed by atoms with Crippen molar-refractivity contribution in [3.05, 3.63) is 156 Å². The molecule has 0 nitrogen and oxygen atoms in total. The van der Waals surface area contributed by atoms with Crippen molar-refractivity contribution in [1.29, 1.82) is 0 Å². The topological polar surface area (TPSA) is 0 Å². The Bertz CT molecular complexity index is 2560. The summed E-state index contributed by atoms with van der Waals surface area (Å²) >= 11 is 0. The second-order valence-electron chi connectivity index (χ2n) is 14.5. The normalized spacial score (nSPS) is 15.3. The van der Waals surface area contributed by atoms with E-state index in [1.165, 1.54) is 99.1 Å². The lowest BCUT2D eigenvalue weighted by molar-refractivity contribution is 0.652. The fraction of sp³-hybridized carbons (Fsp3) is 0.130. The molecule has 0 aliphatic heterocycles. The van der Waals surface area contributed by atoms with Gasteiger partial charge in [0.1, 0.15) is 0 Å². The van der Waals surface area contributed by atoms with Gasteiger partial charge in [0.15, 0.2) is 0 Å². The second kappa shape index (κ2) is 8.74. The molecule has 8 aromatic carbocycles. The summed E-state index contributed by atoms with van der Waals surface area (Å²) in [5.74, 6) is 0. The molecule has 218 valence electrons. The number of benzene rings is 8. The molecular formula is C46H34. The molecule has 0 spiro atoms. The van der Waals surface area contributed by atoms with Gasteiger partial charge in [0.25, 0.3) is 0 Å². The molecule has 0 amide bonds. The molecule has 0 atom stereocenters. The SMILES string of the molecule is CC1(C)c2ccccc2-c2cc3c(cc21)-c1c(-c2ccc4ccc5c(-c6ccccc6)ccc6ccc2c4c65)cccc1C3(C)C. The summed E-state index contributed by atoms with van der Waals surface area (Å²) in [5.41, 5.74) is 16.4. The molecule has 0 fully saturated rings. The zero-order chi connectivity index (χ0) is 30.9. The predicted molar refractivity (Wildman–Crippen MR) is 196 cm³/mol. The van der Waals surface area contributed by atoms with Crippen LogP contribution >= 0.6 is 0 Å². The molecule has 0 aromatic heterocycles. The van der Waals surface area contributed by atoms with Crippen LogP contribution in [0.25, 0.3) is 76.8 Å². The Hall–Kier alpha value is -5.20. The highest BCUT2D eigenvalue weighted by Gasteiger charge is 2.42. The van der Waals surface area contributed by atoms with Crippen LogP contribution in [-0.2, 0) is 10.8 Å². The molecule has 0 radical (unpaired) electrons. The Morgan fingerprint density at radius 1 is 0.348 bits per heavy atom. The summed E-state index contributed by atoms with van der Waals surface area (Å²) in [4.78, 5) is 0. The van der Waals surface area contributed by atoms with Gasteiger partial charge in [0, 0.05) is 10.8 Å². The van der Waals surface area contributed by atoms with Crippen LogP contribution in [0.5, 0.6) is 0 Å². The van der Waals surface area contributed by atoms with Gasteiger partial charge in [0.05, 0.1) is 0 Å². The molecule has 0 saturated carbocycles. The minimum absolute atomic E-state index is 0.0355. The van der Waals surface area contributed by atoms with Crippen molar-refractivity contribution in [2.24, 2.45) is 0 Å². The summed E-state index contributed by atoms with van der Waals surface area (Å²) in [6.07, 6.45) is 0. The van der Waals surface area contributed by atoms with Crippen molar-refractivity contribution in [3.63, 3.8) is 0 Å². The van der Waals surface area contributed by atoms with Gasteiger partial charge >= 0.3 is 0 Å². The second-order valence-corrected chi connectivity index (χ2v) is 14.5. The van der Waals surface area contributed by atoms with Gasteiger partial charge in [-0.05, 0) is 111 Å². The lowest BCUT2D eigenvalue weighted by atomic mass is 9.79. The Morgan fingerprint density at radius 3 is 1.65 bits per heavy atom. The molecular weight excluding hydrogens is 553 g/mol. The molecule has 0 heteroatoms. The molecule has 46 heavy (non-hydrogen) atoms. The maximum absolute atomic E-state index is 2.55. The van der Waals surface area contributed by atoms with E-state index < -0.39 is 0 Å². The first kappa shape index (κ1) is 26.1. The minimum atomic E-state index is -0.0915. The van der Waals surface area contributed by atoms with Crippen molar-refractivity contribution in [3.8, 4) is 44.5 Å². The fourth-order valence-corrected chi connectivity index (χ4v) is 9.11. The quantitative estimate of drug-likeness (QED) is 0.177. The van der Waals surface area contributed by atoms with E-state index in [4.69, 9.17) is 0 Å². The van der Waals surface area contributed by atoms with Crippen molar-refractivity contribution in [2.45, 2.75) is 38.5 Å². The van der Waals surface area contributed by atoms with Gasteiger partial charge in [-0.15, -0.1) is 0 Å². The summed E-state index contributed by atoms with van der Waals surface area (Å²) in [6, 6.07) is 50.5. The maximum atomic E-state index is 2.55. The largest absolute Gasteiger partial charge is 0.0622 e. The fourth-order valence-electron chi connectivity index (χ4n) is 9.11. The van der Waals surface area contributed by atoms with Crippen LogP contribution in [-0.4, -0.2) is 0 Å².